The van der Waals surface area contributed by atoms with Crippen LogP contribution in [0.1, 0.15) is 22.8 Å². The molecule has 1 aromatic carbocycles. The molecule has 112 valence electrons. The Hall–Kier alpha value is -1.82. The van der Waals surface area contributed by atoms with Gasteiger partial charge in [0.25, 0.3) is 5.91 Å². The molecule has 2 aromatic rings. The maximum absolute atomic E-state index is 12.7. The van der Waals surface area contributed by atoms with E-state index < -0.39 is 0 Å². The van der Waals surface area contributed by atoms with Crippen molar-refractivity contribution in [1.29, 1.82) is 0 Å². The third-order valence-electron chi connectivity index (χ3n) is 3.44. The average molecular weight is 304 g/mol. The smallest absolute Gasteiger partial charge is 0.254 e. The van der Waals surface area contributed by atoms with Crippen molar-refractivity contribution in [1.82, 2.24) is 19.7 Å². The SMILES string of the molecule is CSC[C@H](C)N(C)C(=O)c1ccccc1Cn1cncn1. The van der Waals surface area contributed by atoms with Crippen LogP contribution < -0.4 is 0 Å². The Morgan fingerprint density at radius 1 is 1.43 bits per heavy atom. The summed E-state index contributed by atoms with van der Waals surface area (Å²) in [5, 5.41) is 4.10. The maximum atomic E-state index is 12.7. The Morgan fingerprint density at radius 2 is 2.19 bits per heavy atom. The van der Waals surface area contributed by atoms with Crippen LogP contribution in [0.5, 0.6) is 0 Å². The second kappa shape index (κ2) is 7.26. The third-order valence-corrected chi connectivity index (χ3v) is 4.25. The van der Waals surface area contributed by atoms with Crippen molar-refractivity contribution in [3.8, 4) is 0 Å². The molecule has 0 radical (unpaired) electrons. The van der Waals surface area contributed by atoms with Gasteiger partial charge < -0.3 is 4.90 Å². The molecule has 1 heterocycles. The fraction of sp³-hybridized carbons (Fsp3) is 0.400. The lowest BCUT2D eigenvalue weighted by molar-refractivity contribution is 0.0756. The molecule has 0 fully saturated rings. The van der Waals surface area contributed by atoms with E-state index in [1.807, 2.05) is 37.6 Å². The highest BCUT2D eigenvalue weighted by molar-refractivity contribution is 7.98. The quantitative estimate of drug-likeness (QED) is 0.820. The Morgan fingerprint density at radius 3 is 2.86 bits per heavy atom. The molecule has 21 heavy (non-hydrogen) atoms. The second-order valence-corrected chi connectivity index (χ2v) is 5.88. The van der Waals surface area contributed by atoms with Crippen LogP contribution in [-0.4, -0.2) is 50.7 Å². The highest BCUT2D eigenvalue weighted by Gasteiger charge is 2.19. The zero-order chi connectivity index (χ0) is 15.2. The van der Waals surface area contributed by atoms with Crippen molar-refractivity contribution < 1.29 is 4.79 Å². The minimum atomic E-state index is 0.0484. The predicted octanol–water partition coefficient (Wildman–Crippen LogP) is 2.15. The lowest BCUT2D eigenvalue weighted by Crippen LogP contribution is -2.37. The first-order valence-electron chi connectivity index (χ1n) is 6.80. The molecule has 0 saturated heterocycles. The molecule has 2 rings (SSSR count). The van der Waals surface area contributed by atoms with Crippen molar-refractivity contribution >= 4 is 17.7 Å². The van der Waals surface area contributed by atoms with E-state index in [0.717, 1.165) is 16.9 Å². The molecule has 0 aliphatic heterocycles. The molecule has 0 spiro atoms. The largest absolute Gasteiger partial charge is 0.338 e. The molecule has 6 heteroatoms. The summed E-state index contributed by atoms with van der Waals surface area (Å²) in [5.41, 5.74) is 1.68. The van der Waals surface area contributed by atoms with Gasteiger partial charge in [-0.3, -0.25) is 4.79 Å². The number of aromatic nitrogens is 3. The molecule has 0 saturated carbocycles. The number of carbonyl (C=O) groups is 1. The molecule has 5 nitrogen and oxygen atoms in total. The summed E-state index contributed by atoms with van der Waals surface area (Å²) < 4.78 is 1.72. The number of hydrogen-bond donors (Lipinski definition) is 0. The molecule has 1 amide bonds. The van der Waals surface area contributed by atoms with Gasteiger partial charge in [-0.15, -0.1) is 0 Å². The summed E-state index contributed by atoms with van der Waals surface area (Å²) >= 11 is 1.74. The van der Waals surface area contributed by atoms with E-state index in [4.69, 9.17) is 0 Å². The van der Waals surface area contributed by atoms with Crippen molar-refractivity contribution in [2.45, 2.75) is 19.5 Å². The van der Waals surface area contributed by atoms with E-state index >= 15 is 0 Å². The fourth-order valence-electron chi connectivity index (χ4n) is 2.10. The van der Waals surface area contributed by atoms with Gasteiger partial charge in [0.15, 0.2) is 0 Å². The molecular formula is C15H20N4OS. The van der Waals surface area contributed by atoms with Gasteiger partial charge in [-0.2, -0.15) is 16.9 Å². The fourth-order valence-corrected chi connectivity index (χ4v) is 2.80. The first-order chi connectivity index (χ1) is 10.1. The molecule has 1 aromatic heterocycles. The van der Waals surface area contributed by atoms with Crippen molar-refractivity contribution in [3.05, 3.63) is 48.0 Å². The average Bonchev–Trinajstić information content (AvgIpc) is 2.99. The maximum Gasteiger partial charge on any atom is 0.254 e. The van der Waals surface area contributed by atoms with Gasteiger partial charge in [0.1, 0.15) is 12.7 Å². The van der Waals surface area contributed by atoms with Crippen LogP contribution in [-0.2, 0) is 6.54 Å². The lowest BCUT2D eigenvalue weighted by atomic mass is 10.1. The van der Waals surface area contributed by atoms with E-state index in [1.54, 1.807) is 27.7 Å². The summed E-state index contributed by atoms with van der Waals surface area (Å²) in [7, 11) is 1.86. The minimum Gasteiger partial charge on any atom is -0.338 e. The van der Waals surface area contributed by atoms with Crippen LogP contribution in [0.25, 0.3) is 0 Å². The Balaban J connectivity index is 2.21. The normalized spacial score (nSPS) is 12.1. The number of nitrogens with zero attached hydrogens (tertiary/aromatic N) is 4. The van der Waals surface area contributed by atoms with Crippen molar-refractivity contribution in [2.24, 2.45) is 0 Å². The minimum absolute atomic E-state index is 0.0484. The zero-order valence-electron chi connectivity index (χ0n) is 12.6. The van der Waals surface area contributed by atoms with Gasteiger partial charge in [0, 0.05) is 24.4 Å². The van der Waals surface area contributed by atoms with Gasteiger partial charge >= 0.3 is 0 Å². The van der Waals surface area contributed by atoms with E-state index in [9.17, 15) is 4.79 Å². The number of hydrogen-bond acceptors (Lipinski definition) is 4. The summed E-state index contributed by atoms with van der Waals surface area (Å²) in [6.45, 7) is 2.61. The van der Waals surface area contributed by atoms with Crippen LogP contribution in [0.2, 0.25) is 0 Å². The Kier molecular flexibility index (Phi) is 5.38. The van der Waals surface area contributed by atoms with Crippen molar-refractivity contribution in [3.63, 3.8) is 0 Å². The standard InChI is InChI=1S/C15H20N4OS/c1-12(9-21-3)18(2)15(20)14-7-5-4-6-13(14)8-19-11-16-10-17-19/h4-7,10-12H,8-9H2,1-3H3/t12-/m0/s1. The molecule has 0 N–H and O–H groups in total. The van der Waals surface area contributed by atoms with Crippen molar-refractivity contribution in [2.75, 3.05) is 19.1 Å². The van der Waals surface area contributed by atoms with Crippen LogP contribution in [0.4, 0.5) is 0 Å². The zero-order valence-corrected chi connectivity index (χ0v) is 13.4. The lowest BCUT2D eigenvalue weighted by Gasteiger charge is -2.25. The van der Waals surface area contributed by atoms with Gasteiger partial charge in [0.05, 0.1) is 6.54 Å². The third kappa shape index (κ3) is 3.85. The van der Waals surface area contributed by atoms with Crippen LogP contribution in [0.15, 0.2) is 36.9 Å². The van der Waals surface area contributed by atoms with E-state index in [0.29, 0.717) is 6.54 Å². The Labute approximate surface area is 129 Å². The Bertz CT molecular complexity index is 585. The molecule has 0 bridgehead atoms. The topological polar surface area (TPSA) is 51.0 Å². The predicted molar refractivity (Wildman–Crippen MR) is 85.5 cm³/mol. The number of amides is 1. The summed E-state index contributed by atoms with van der Waals surface area (Å²) in [4.78, 5) is 18.4. The number of thioether (sulfide) groups is 1. The van der Waals surface area contributed by atoms with E-state index in [-0.39, 0.29) is 11.9 Å². The van der Waals surface area contributed by atoms with E-state index in [1.165, 1.54) is 6.33 Å². The van der Waals surface area contributed by atoms with Gasteiger partial charge in [-0.25, -0.2) is 9.67 Å². The van der Waals surface area contributed by atoms with Gasteiger partial charge in [-0.05, 0) is 24.8 Å². The summed E-state index contributed by atoms with van der Waals surface area (Å²) in [5.74, 6) is 0.972. The van der Waals surface area contributed by atoms with Gasteiger partial charge in [0.2, 0.25) is 0 Å². The highest BCUT2D eigenvalue weighted by Crippen LogP contribution is 2.15. The highest BCUT2D eigenvalue weighted by atomic mass is 32.2. The molecule has 0 aliphatic rings. The van der Waals surface area contributed by atoms with Gasteiger partial charge in [-0.1, -0.05) is 18.2 Å². The summed E-state index contributed by atoms with van der Waals surface area (Å²) in [6.07, 6.45) is 5.20. The first-order valence-corrected chi connectivity index (χ1v) is 8.19. The molecule has 0 aliphatic carbocycles. The number of rotatable bonds is 6. The molecular weight excluding hydrogens is 284 g/mol. The van der Waals surface area contributed by atoms with Crippen LogP contribution in [0.3, 0.4) is 0 Å². The van der Waals surface area contributed by atoms with Crippen LogP contribution >= 0.6 is 11.8 Å². The van der Waals surface area contributed by atoms with Crippen LogP contribution in [0, 0.1) is 0 Å². The number of benzene rings is 1. The first kappa shape index (κ1) is 15.6. The molecule has 0 unspecified atom stereocenters. The second-order valence-electron chi connectivity index (χ2n) is 4.97. The van der Waals surface area contributed by atoms with E-state index in [2.05, 4.69) is 17.0 Å². The molecule has 1 atom stereocenters. The summed E-state index contributed by atoms with van der Waals surface area (Å²) in [6, 6.07) is 7.87. The monoisotopic (exact) mass is 304 g/mol. The number of carbonyl (C=O) groups excluding carboxylic acids is 1.